The third-order valence-electron chi connectivity index (χ3n) is 5.17. The van der Waals surface area contributed by atoms with Crippen LogP contribution in [0.5, 0.6) is 0 Å². The fourth-order valence-corrected chi connectivity index (χ4v) is 3.65. The number of ether oxygens (including phenoxy) is 2. The Bertz CT molecular complexity index is 962. The van der Waals surface area contributed by atoms with Gasteiger partial charge in [0.05, 0.1) is 31.7 Å². The van der Waals surface area contributed by atoms with Crippen LogP contribution in [0.15, 0.2) is 18.7 Å². The van der Waals surface area contributed by atoms with Gasteiger partial charge in [-0.15, -0.1) is 0 Å². The van der Waals surface area contributed by atoms with Crippen molar-refractivity contribution in [3.8, 4) is 11.4 Å². The smallest absolute Gasteiger partial charge is 0.219 e. The molecule has 2 N–H and O–H groups in total. The van der Waals surface area contributed by atoms with E-state index in [-0.39, 0.29) is 5.95 Å². The zero-order valence-electron chi connectivity index (χ0n) is 15.5. The van der Waals surface area contributed by atoms with Crippen LogP contribution in [-0.4, -0.2) is 69.0 Å². The highest BCUT2D eigenvalue weighted by Gasteiger charge is 2.23. The van der Waals surface area contributed by atoms with E-state index in [1.54, 1.807) is 12.4 Å². The number of fused-ring (bicyclic) bond motifs is 1. The number of rotatable bonds is 4. The van der Waals surface area contributed by atoms with Gasteiger partial charge in [0, 0.05) is 44.6 Å². The molecule has 0 aliphatic carbocycles. The lowest BCUT2D eigenvalue weighted by atomic mass is 10.1. The van der Waals surface area contributed by atoms with Crippen LogP contribution in [0.2, 0.25) is 0 Å². The number of hydrogen-bond acceptors (Lipinski definition) is 9. The molecule has 1 unspecified atom stereocenters. The van der Waals surface area contributed by atoms with Gasteiger partial charge in [-0.25, -0.2) is 24.9 Å². The second-order valence-electron chi connectivity index (χ2n) is 7.10. The minimum atomic E-state index is 0.226. The Labute approximate surface area is 161 Å². The molecule has 5 heterocycles. The highest BCUT2D eigenvalue weighted by atomic mass is 16.5. The largest absolute Gasteiger partial charge is 0.381 e. The average Bonchev–Trinajstić information content (AvgIpc) is 3.39. The molecule has 0 amide bonds. The maximum atomic E-state index is 5.63. The van der Waals surface area contributed by atoms with Crippen molar-refractivity contribution in [2.75, 3.05) is 50.2 Å². The lowest BCUT2D eigenvalue weighted by Crippen LogP contribution is -2.37. The number of anilines is 2. The minimum absolute atomic E-state index is 0.226. The third kappa shape index (κ3) is 3.25. The highest BCUT2D eigenvalue weighted by Crippen LogP contribution is 2.28. The van der Waals surface area contributed by atoms with Gasteiger partial charge in [-0.05, 0) is 6.42 Å². The molecule has 1 atom stereocenters. The first-order chi connectivity index (χ1) is 13.8. The van der Waals surface area contributed by atoms with Crippen molar-refractivity contribution in [1.82, 2.24) is 29.5 Å². The summed E-state index contributed by atoms with van der Waals surface area (Å²) in [5, 5.41) is 0. The molecular formula is C18H22N8O2. The molecule has 2 aliphatic heterocycles. The summed E-state index contributed by atoms with van der Waals surface area (Å²) < 4.78 is 13.1. The zero-order valence-corrected chi connectivity index (χ0v) is 15.5. The minimum Gasteiger partial charge on any atom is -0.381 e. The Hall–Kier alpha value is -2.85. The van der Waals surface area contributed by atoms with Crippen LogP contribution in [0.4, 0.5) is 11.8 Å². The molecule has 0 spiro atoms. The first kappa shape index (κ1) is 17.3. The molecule has 3 aromatic rings. The number of aromatic nitrogens is 6. The molecule has 0 radical (unpaired) electrons. The van der Waals surface area contributed by atoms with Crippen LogP contribution in [0.25, 0.3) is 22.6 Å². The summed E-state index contributed by atoms with van der Waals surface area (Å²) in [6.45, 7) is 5.31. The van der Waals surface area contributed by atoms with E-state index < -0.39 is 0 Å². The maximum absolute atomic E-state index is 5.63. The van der Waals surface area contributed by atoms with Crippen molar-refractivity contribution in [2.45, 2.75) is 13.0 Å². The molecule has 5 rings (SSSR count). The van der Waals surface area contributed by atoms with E-state index in [4.69, 9.17) is 25.2 Å². The van der Waals surface area contributed by atoms with Crippen molar-refractivity contribution in [3.05, 3.63) is 18.7 Å². The molecule has 2 fully saturated rings. The second-order valence-corrected chi connectivity index (χ2v) is 7.10. The van der Waals surface area contributed by atoms with Crippen LogP contribution in [0, 0.1) is 5.92 Å². The Balaban J connectivity index is 1.61. The van der Waals surface area contributed by atoms with E-state index >= 15 is 0 Å². The van der Waals surface area contributed by atoms with Crippen LogP contribution >= 0.6 is 0 Å². The fourth-order valence-electron chi connectivity index (χ4n) is 3.65. The van der Waals surface area contributed by atoms with E-state index in [1.807, 2.05) is 6.33 Å². The van der Waals surface area contributed by atoms with Crippen LogP contribution < -0.4 is 10.6 Å². The second kappa shape index (κ2) is 7.28. The summed E-state index contributed by atoms with van der Waals surface area (Å²) in [6, 6.07) is 0. The lowest BCUT2D eigenvalue weighted by Gasteiger charge is -2.28. The summed E-state index contributed by atoms with van der Waals surface area (Å²) in [7, 11) is 0. The quantitative estimate of drug-likeness (QED) is 0.697. The predicted molar refractivity (Wildman–Crippen MR) is 103 cm³/mol. The fraction of sp³-hybridized carbons (Fsp3) is 0.500. The van der Waals surface area contributed by atoms with E-state index in [1.165, 1.54) is 0 Å². The number of imidazole rings is 1. The van der Waals surface area contributed by atoms with Gasteiger partial charge >= 0.3 is 0 Å². The molecule has 0 saturated carbocycles. The third-order valence-corrected chi connectivity index (χ3v) is 5.17. The number of morpholine rings is 1. The number of nitrogens with zero attached hydrogens (tertiary/aromatic N) is 7. The van der Waals surface area contributed by atoms with Crippen LogP contribution in [0.1, 0.15) is 6.42 Å². The van der Waals surface area contributed by atoms with Gasteiger partial charge in [-0.3, -0.25) is 0 Å². The van der Waals surface area contributed by atoms with E-state index in [0.29, 0.717) is 25.0 Å². The monoisotopic (exact) mass is 382 g/mol. The van der Waals surface area contributed by atoms with E-state index in [9.17, 15) is 0 Å². The molecule has 10 heteroatoms. The average molecular weight is 382 g/mol. The van der Waals surface area contributed by atoms with Gasteiger partial charge in [0.25, 0.3) is 0 Å². The molecule has 0 aromatic carbocycles. The van der Waals surface area contributed by atoms with Gasteiger partial charge in [0.1, 0.15) is 0 Å². The summed E-state index contributed by atoms with van der Waals surface area (Å²) in [6.07, 6.45) is 6.21. The molecule has 146 valence electrons. The van der Waals surface area contributed by atoms with Crippen molar-refractivity contribution >= 4 is 22.9 Å². The van der Waals surface area contributed by atoms with Crippen molar-refractivity contribution < 1.29 is 9.47 Å². The SMILES string of the molecule is Nc1ncc(-c2nc(N3CCOCC3)c3ncn(CC4CCOC4)c3n2)cn1. The lowest BCUT2D eigenvalue weighted by molar-refractivity contribution is 0.122. The van der Waals surface area contributed by atoms with Crippen LogP contribution in [-0.2, 0) is 16.0 Å². The normalized spacial score (nSPS) is 20.1. The standard InChI is InChI=1S/C18H22N8O2/c19-18-20-7-13(8-21-18)15-23-16(25-2-5-27-6-3-25)14-17(24-15)26(11-22-14)9-12-1-4-28-10-12/h7-8,11-12H,1-6,9-10H2,(H2,19,20,21). The van der Waals surface area contributed by atoms with Gasteiger partial charge in [-0.2, -0.15) is 0 Å². The van der Waals surface area contributed by atoms with Crippen molar-refractivity contribution in [1.29, 1.82) is 0 Å². The first-order valence-corrected chi connectivity index (χ1v) is 9.49. The maximum Gasteiger partial charge on any atom is 0.219 e. The van der Waals surface area contributed by atoms with Crippen molar-refractivity contribution in [3.63, 3.8) is 0 Å². The van der Waals surface area contributed by atoms with E-state index in [0.717, 1.165) is 61.8 Å². The topological polar surface area (TPSA) is 117 Å². The van der Waals surface area contributed by atoms with Gasteiger partial charge in [0.2, 0.25) is 5.95 Å². The van der Waals surface area contributed by atoms with Gasteiger partial charge in [0.15, 0.2) is 22.8 Å². The summed E-state index contributed by atoms with van der Waals surface area (Å²) in [5.74, 6) is 2.09. The molecule has 0 bridgehead atoms. The van der Waals surface area contributed by atoms with E-state index in [2.05, 4.69) is 24.4 Å². The molecular weight excluding hydrogens is 360 g/mol. The Morgan fingerprint density at radius 2 is 1.86 bits per heavy atom. The summed E-state index contributed by atoms with van der Waals surface area (Å²) >= 11 is 0. The first-order valence-electron chi connectivity index (χ1n) is 9.49. The highest BCUT2D eigenvalue weighted by molar-refractivity contribution is 5.85. The Morgan fingerprint density at radius 1 is 1.04 bits per heavy atom. The Kier molecular flexibility index (Phi) is 4.49. The number of nitrogens with two attached hydrogens (primary N) is 1. The summed E-state index contributed by atoms with van der Waals surface area (Å²) in [5.41, 5.74) is 7.98. The zero-order chi connectivity index (χ0) is 18.9. The molecule has 28 heavy (non-hydrogen) atoms. The van der Waals surface area contributed by atoms with Gasteiger partial charge in [-0.1, -0.05) is 0 Å². The predicted octanol–water partition coefficient (Wildman–Crippen LogP) is 0.739. The van der Waals surface area contributed by atoms with Gasteiger partial charge < -0.3 is 24.7 Å². The van der Waals surface area contributed by atoms with Crippen molar-refractivity contribution in [2.24, 2.45) is 5.92 Å². The van der Waals surface area contributed by atoms with Crippen LogP contribution in [0.3, 0.4) is 0 Å². The summed E-state index contributed by atoms with van der Waals surface area (Å²) in [4.78, 5) is 24.6. The number of hydrogen-bond donors (Lipinski definition) is 1. The number of nitrogen functional groups attached to an aromatic ring is 1. The molecule has 3 aromatic heterocycles. The Morgan fingerprint density at radius 3 is 2.61 bits per heavy atom. The molecule has 10 nitrogen and oxygen atoms in total. The molecule has 2 saturated heterocycles. The molecule has 2 aliphatic rings.